The maximum Gasteiger partial charge on any atom is 0.0588 e. The molecule has 0 aromatic carbocycles. The molecule has 0 aliphatic carbocycles. The molecule has 3 heteroatoms. The maximum absolute atomic E-state index is 5.72. The fourth-order valence-corrected chi connectivity index (χ4v) is 2.87. The standard InChI is InChI=1S/C14H28N2O/c1-13(2)11-16(14(3,4)10-15-13)8-7-12-6-5-9-17-12/h12,15H,5-11H2,1-4H3. The maximum atomic E-state index is 5.72. The second-order valence-electron chi connectivity index (χ2n) is 6.90. The van der Waals surface area contributed by atoms with Gasteiger partial charge in [-0.1, -0.05) is 0 Å². The molecule has 0 aromatic heterocycles. The predicted molar refractivity (Wildman–Crippen MR) is 71.3 cm³/mol. The highest BCUT2D eigenvalue weighted by molar-refractivity contribution is 4.97. The lowest BCUT2D eigenvalue weighted by molar-refractivity contribution is 0.0206. The van der Waals surface area contributed by atoms with Gasteiger partial charge in [0.1, 0.15) is 0 Å². The Labute approximate surface area is 106 Å². The zero-order valence-electron chi connectivity index (χ0n) is 11.9. The lowest BCUT2D eigenvalue weighted by Crippen LogP contribution is -2.66. The van der Waals surface area contributed by atoms with Crippen molar-refractivity contribution < 1.29 is 4.74 Å². The fourth-order valence-electron chi connectivity index (χ4n) is 2.87. The van der Waals surface area contributed by atoms with E-state index in [1.165, 1.54) is 25.8 Å². The Bertz CT molecular complexity index is 257. The van der Waals surface area contributed by atoms with E-state index in [9.17, 15) is 0 Å². The van der Waals surface area contributed by atoms with Crippen LogP contribution in [0.5, 0.6) is 0 Å². The Morgan fingerprint density at radius 3 is 2.71 bits per heavy atom. The Morgan fingerprint density at radius 2 is 2.06 bits per heavy atom. The van der Waals surface area contributed by atoms with Crippen molar-refractivity contribution in [2.75, 3.05) is 26.2 Å². The molecule has 1 atom stereocenters. The minimum Gasteiger partial charge on any atom is -0.378 e. The Hall–Kier alpha value is -0.120. The number of nitrogens with one attached hydrogen (secondary N) is 1. The van der Waals surface area contributed by atoms with Gasteiger partial charge in [0.25, 0.3) is 0 Å². The monoisotopic (exact) mass is 240 g/mol. The van der Waals surface area contributed by atoms with Crippen LogP contribution in [-0.2, 0) is 4.74 Å². The molecule has 2 saturated heterocycles. The molecule has 17 heavy (non-hydrogen) atoms. The van der Waals surface area contributed by atoms with Gasteiger partial charge in [-0.05, 0) is 47.0 Å². The third-order valence-electron chi connectivity index (χ3n) is 4.19. The van der Waals surface area contributed by atoms with Crippen LogP contribution >= 0.6 is 0 Å². The molecule has 2 heterocycles. The van der Waals surface area contributed by atoms with Gasteiger partial charge in [-0.2, -0.15) is 0 Å². The number of hydrogen-bond acceptors (Lipinski definition) is 3. The highest BCUT2D eigenvalue weighted by atomic mass is 16.5. The average Bonchev–Trinajstić information content (AvgIpc) is 2.73. The van der Waals surface area contributed by atoms with E-state index < -0.39 is 0 Å². The third-order valence-corrected chi connectivity index (χ3v) is 4.19. The van der Waals surface area contributed by atoms with Crippen molar-refractivity contribution in [2.24, 2.45) is 0 Å². The van der Waals surface area contributed by atoms with Crippen molar-refractivity contribution in [2.45, 2.75) is 64.1 Å². The van der Waals surface area contributed by atoms with E-state index in [0.717, 1.165) is 19.7 Å². The largest absolute Gasteiger partial charge is 0.378 e. The van der Waals surface area contributed by atoms with Crippen molar-refractivity contribution in [3.63, 3.8) is 0 Å². The van der Waals surface area contributed by atoms with E-state index in [2.05, 4.69) is 37.9 Å². The first kappa shape index (κ1) is 13.3. The van der Waals surface area contributed by atoms with Crippen LogP contribution in [0, 0.1) is 0 Å². The highest BCUT2D eigenvalue weighted by Crippen LogP contribution is 2.25. The molecule has 0 radical (unpaired) electrons. The van der Waals surface area contributed by atoms with Gasteiger partial charge in [0.15, 0.2) is 0 Å². The van der Waals surface area contributed by atoms with Crippen LogP contribution in [0.4, 0.5) is 0 Å². The summed E-state index contributed by atoms with van der Waals surface area (Å²) in [6.07, 6.45) is 4.22. The van der Waals surface area contributed by atoms with E-state index in [-0.39, 0.29) is 11.1 Å². The quantitative estimate of drug-likeness (QED) is 0.817. The van der Waals surface area contributed by atoms with E-state index in [1.807, 2.05) is 0 Å². The van der Waals surface area contributed by atoms with Gasteiger partial charge < -0.3 is 10.1 Å². The summed E-state index contributed by atoms with van der Waals surface area (Å²) in [5.74, 6) is 0. The highest BCUT2D eigenvalue weighted by Gasteiger charge is 2.37. The summed E-state index contributed by atoms with van der Waals surface area (Å²) in [5, 5.41) is 3.63. The Morgan fingerprint density at radius 1 is 1.29 bits per heavy atom. The fraction of sp³-hybridized carbons (Fsp3) is 1.00. The van der Waals surface area contributed by atoms with E-state index in [1.54, 1.807) is 0 Å². The summed E-state index contributed by atoms with van der Waals surface area (Å²) < 4.78 is 5.72. The minimum absolute atomic E-state index is 0.242. The number of hydrogen-bond donors (Lipinski definition) is 1. The zero-order valence-corrected chi connectivity index (χ0v) is 11.9. The molecule has 2 aliphatic heterocycles. The molecule has 0 saturated carbocycles. The molecule has 0 aromatic rings. The molecule has 3 nitrogen and oxygen atoms in total. The van der Waals surface area contributed by atoms with Crippen molar-refractivity contribution in [1.29, 1.82) is 0 Å². The van der Waals surface area contributed by atoms with Gasteiger partial charge in [-0.25, -0.2) is 0 Å². The van der Waals surface area contributed by atoms with E-state index >= 15 is 0 Å². The molecule has 2 aliphatic rings. The Kier molecular flexibility index (Phi) is 3.81. The van der Waals surface area contributed by atoms with Gasteiger partial charge in [-0.15, -0.1) is 0 Å². The van der Waals surface area contributed by atoms with Crippen LogP contribution in [0.2, 0.25) is 0 Å². The van der Waals surface area contributed by atoms with Gasteiger partial charge in [0.2, 0.25) is 0 Å². The minimum atomic E-state index is 0.242. The van der Waals surface area contributed by atoms with Crippen LogP contribution in [0.1, 0.15) is 47.0 Å². The summed E-state index contributed by atoms with van der Waals surface area (Å²) >= 11 is 0. The molecule has 2 rings (SSSR count). The van der Waals surface area contributed by atoms with Crippen molar-refractivity contribution in [1.82, 2.24) is 10.2 Å². The third kappa shape index (κ3) is 3.43. The summed E-state index contributed by atoms with van der Waals surface area (Å²) in [6.45, 7) is 13.6. The van der Waals surface area contributed by atoms with Crippen LogP contribution < -0.4 is 5.32 Å². The number of piperazine rings is 1. The average molecular weight is 240 g/mol. The molecule has 0 bridgehead atoms. The predicted octanol–water partition coefficient (Wildman–Crippen LogP) is 2.02. The Balaban J connectivity index is 1.87. The van der Waals surface area contributed by atoms with E-state index in [4.69, 9.17) is 4.74 Å². The van der Waals surface area contributed by atoms with Crippen molar-refractivity contribution in [3.8, 4) is 0 Å². The first-order valence-corrected chi connectivity index (χ1v) is 7.01. The van der Waals surface area contributed by atoms with Crippen LogP contribution in [0.3, 0.4) is 0 Å². The lowest BCUT2D eigenvalue weighted by atomic mass is 9.91. The normalized spacial score (nSPS) is 32.8. The molecule has 0 amide bonds. The van der Waals surface area contributed by atoms with Crippen LogP contribution in [-0.4, -0.2) is 48.3 Å². The SMILES string of the molecule is CC1(C)CN(CCC2CCCO2)C(C)(C)CN1. The van der Waals surface area contributed by atoms with Gasteiger partial charge in [0.05, 0.1) is 6.10 Å². The summed E-state index contributed by atoms with van der Waals surface area (Å²) in [4.78, 5) is 2.63. The van der Waals surface area contributed by atoms with Crippen LogP contribution in [0.25, 0.3) is 0 Å². The zero-order chi connectivity index (χ0) is 12.5. The van der Waals surface area contributed by atoms with Crippen molar-refractivity contribution >= 4 is 0 Å². The van der Waals surface area contributed by atoms with Crippen LogP contribution in [0.15, 0.2) is 0 Å². The van der Waals surface area contributed by atoms with Gasteiger partial charge in [-0.3, -0.25) is 4.90 Å². The number of nitrogens with zero attached hydrogens (tertiary/aromatic N) is 1. The molecule has 1 N–H and O–H groups in total. The first-order chi connectivity index (χ1) is 7.89. The second-order valence-corrected chi connectivity index (χ2v) is 6.90. The van der Waals surface area contributed by atoms with Gasteiger partial charge in [0, 0.05) is 37.3 Å². The summed E-state index contributed by atoms with van der Waals surface area (Å²) in [7, 11) is 0. The second kappa shape index (κ2) is 4.87. The smallest absolute Gasteiger partial charge is 0.0588 e. The molecule has 2 fully saturated rings. The van der Waals surface area contributed by atoms with Gasteiger partial charge >= 0.3 is 0 Å². The molecular formula is C14H28N2O. The first-order valence-electron chi connectivity index (χ1n) is 7.01. The molecule has 0 spiro atoms. The summed E-state index contributed by atoms with van der Waals surface area (Å²) in [6, 6.07) is 0. The summed E-state index contributed by atoms with van der Waals surface area (Å²) in [5.41, 5.74) is 0.514. The lowest BCUT2D eigenvalue weighted by Gasteiger charge is -2.50. The molecule has 100 valence electrons. The number of ether oxygens (including phenoxy) is 1. The molecular weight excluding hydrogens is 212 g/mol. The number of rotatable bonds is 3. The topological polar surface area (TPSA) is 24.5 Å². The molecule has 1 unspecified atom stereocenters. The van der Waals surface area contributed by atoms with Crippen molar-refractivity contribution in [3.05, 3.63) is 0 Å². The van der Waals surface area contributed by atoms with E-state index in [0.29, 0.717) is 6.10 Å².